The van der Waals surface area contributed by atoms with Crippen molar-refractivity contribution in [1.29, 1.82) is 0 Å². The summed E-state index contributed by atoms with van der Waals surface area (Å²) >= 11 is 5.75. The van der Waals surface area contributed by atoms with Crippen molar-refractivity contribution in [2.45, 2.75) is 5.88 Å². The van der Waals surface area contributed by atoms with Gasteiger partial charge in [-0.25, -0.2) is 0 Å². The van der Waals surface area contributed by atoms with Crippen LogP contribution in [0.2, 0.25) is 0 Å². The van der Waals surface area contributed by atoms with Crippen molar-refractivity contribution in [2.24, 2.45) is 0 Å². The smallest absolute Gasteiger partial charge is 0.0647 e. The molecular weight excluding hydrogens is 184 g/mol. The van der Waals surface area contributed by atoms with Crippen molar-refractivity contribution >= 4 is 11.6 Å². The molecule has 1 heterocycles. The van der Waals surface area contributed by atoms with Crippen LogP contribution >= 0.6 is 11.6 Å². The van der Waals surface area contributed by atoms with Gasteiger partial charge in [0.1, 0.15) is 0 Å². The first kappa shape index (κ1) is 8.32. The van der Waals surface area contributed by atoms with E-state index in [9.17, 15) is 0 Å². The highest BCUT2D eigenvalue weighted by Gasteiger charge is 2.04. The van der Waals surface area contributed by atoms with E-state index in [-0.39, 0.29) is 0 Å². The standard InChI is InChI=1S/C10H9ClN2/c11-6-10-9(7-12-13-10)8-4-2-1-3-5-8/h1-5,7H,6H2,(H,12,13). The molecule has 0 amide bonds. The predicted molar refractivity (Wildman–Crippen MR) is 53.6 cm³/mol. The number of aromatic nitrogens is 2. The van der Waals surface area contributed by atoms with Crippen LogP contribution in [0.15, 0.2) is 36.5 Å². The lowest BCUT2D eigenvalue weighted by Gasteiger charge is -1.98. The Morgan fingerprint density at radius 3 is 2.69 bits per heavy atom. The summed E-state index contributed by atoms with van der Waals surface area (Å²) in [7, 11) is 0. The first-order valence-corrected chi connectivity index (χ1v) is 4.59. The van der Waals surface area contributed by atoms with Gasteiger partial charge in [-0.05, 0) is 5.56 Å². The molecule has 1 N–H and O–H groups in total. The summed E-state index contributed by atoms with van der Waals surface area (Å²) in [5, 5.41) is 6.83. The second kappa shape index (κ2) is 3.62. The molecule has 66 valence electrons. The molecule has 0 spiro atoms. The maximum absolute atomic E-state index is 5.75. The molecule has 0 atom stereocenters. The average Bonchev–Trinajstić information content (AvgIpc) is 2.67. The molecule has 0 radical (unpaired) electrons. The highest BCUT2D eigenvalue weighted by molar-refractivity contribution is 6.17. The van der Waals surface area contributed by atoms with Crippen LogP contribution < -0.4 is 0 Å². The minimum Gasteiger partial charge on any atom is -0.281 e. The van der Waals surface area contributed by atoms with Crippen LogP contribution in [0.25, 0.3) is 11.1 Å². The molecule has 0 aliphatic heterocycles. The number of hydrogen-bond donors (Lipinski definition) is 1. The van der Waals surface area contributed by atoms with E-state index in [2.05, 4.69) is 10.2 Å². The Morgan fingerprint density at radius 1 is 1.23 bits per heavy atom. The molecule has 0 unspecified atom stereocenters. The average molecular weight is 193 g/mol. The van der Waals surface area contributed by atoms with E-state index in [1.807, 2.05) is 30.3 Å². The van der Waals surface area contributed by atoms with Gasteiger partial charge in [0.15, 0.2) is 0 Å². The van der Waals surface area contributed by atoms with Gasteiger partial charge in [-0.1, -0.05) is 30.3 Å². The summed E-state index contributed by atoms with van der Waals surface area (Å²) in [6, 6.07) is 10.1. The van der Waals surface area contributed by atoms with Crippen molar-refractivity contribution in [3.05, 3.63) is 42.2 Å². The Morgan fingerprint density at radius 2 is 2.00 bits per heavy atom. The maximum atomic E-state index is 5.75. The summed E-state index contributed by atoms with van der Waals surface area (Å²) in [4.78, 5) is 0. The monoisotopic (exact) mass is 192 g/mol. The van der Waals surface area contributed by atoms with Gasteiger partial charge in [-0.15, -0.1) is 11.6 Å². The lowest BCUT2D eigenvalue weighted by atomic mass is 10.1. The van der Waals surface area contributed by atoms with Crippen molar-refractivity contribution in [3.8, 4) is 11.1 Å². The first-order chi connectivity index (χ1) is 6.42. The molecule has 1 aromatic carbocycles. The van der Waals surface area contributed by atoms with Crippen molar-refractivity contribution in [2.75, 3.05) is 0 Å². The molecule has 2 rings (SSSR count). The highest BCUT2D eigenvalue weighted by Crippen LogP contribution is 2.22. The lowest BCUT2D eigenvalue weighted by Crippen LogP contribution is -1.82. The number of halogens is 1. The van der Waals surface area contributed by atoms with E-state index in [4.69, 9.17) is 11.6 Å². The quantitative estimate of drug-likeness (QED) is 0.729. The van der Waals surface area contributed by atoms with Gasteiger partial charge in [0.05, 0.1) is 17.8 Å². The Bertz CT molecular complexity index is 381. The second-order valence-corrected chi connectivity index (χ2v) is 3.03. The number of hydrogen-bond acceptors (Lipinski definition) is 1. The predicted octanol–water partition coefficient (Wildman–Crippen LogP) is 2.82. The summed E-state index contributed by atoms with van der Waals surface area (Å²) in [5.74, 6) is 0.463. The van der Waals surface area contributed by atoms with Crippen LogP contribution in [0.4, 0.5) is 0 Å². The van der Waals surface area contributed by atoms with Gasteiger partial charge in [-0.3, -0.25) is 5.10 Å². The lowest BCUT2D eigenvalue weighted by molar-refractivity contribution is 1.04. The zero-order valence-electron chi connectivity index (χ0n) is 7.00. The summed E-state index contributed by atoms with van der Waals surface area (Å²) in [5.41, 5.74) is 3.19. The van der Waals surface area contributed by atoms with E-state index in [1.54, 1.807) is 6.20 Å². The van der Waals surface area contributed by atoms with Crippen LogP contribution in [0.1, 0.15) is 5.69 Å². The minimum atomic E-state index is 0.463. The number of alkyl halides is 1. The number of nitrogens with zero attached hydrogens (tertiary/aromatic N) is 1. The third-order valence-corrected chi connectivity index (χ3v) is 2.20. The van der Waals surface area contributed by atoms with Crippen LogP contribution in [0, 0.1) is 0 Å². The first-order valence-electron chi connectivity index (χ1n) is 4.05. The topological polar surface area (TPSA) is 28.7 Å². The maximum Gasteiger partial charge on any atom is 0.0647 e. The molecule has 0 saturated carbocycles. The van der Waals surface area contributed by atoms with Gasteiger partial charge < -0.3 is 0 Å². The fraction of sp³-hybridized carbons (Fsp3) is 0.100. The molecule has 0 bridgehead atoms. The largest absolute Gasteiger partial charge is 0.281 e. The minimum absolute atomic E-state index is 0.463. The van der Waals surface area contributed by atoms with Gasteiger partial charge >= 0.3 is 0 Å². The SMILES string of the molecule is ClCc1[nH]ncc1-c1ccccc1. The number of rotatable bonds is 2. The van der Waals surface area contributed by atoms with E-state index >= 15 is 0 Å². The van der Waals surface area contributed by atoms with Crippen molar-refractivity contribution in [1.82, 2.24) is 10.2 Å². The Labute approximate surface area is 81.6 Å². The van der Waals surface area contributed by atoms with E-state index in [0.29, 0.717) is 5.88 Å². The van der Waals surface area contributed by atoms with Crippen LogP contribution in [-0.4, -0.2) is 10.2 Å². The van der Waals surface area contributed by atoms with Crippen molar-refractivity contribution in [3.63, 3.8) is 0 Å². The molecule has 2 nitrogen and oxygen atoms in total. The number of H-pyrrole nitrogens is 1. The second-order valence-electron chi connectivity index (χ2n) is 2.76. The molecule has 0 fully saturated rings. The Hall–Kier alpha value is -1.28. The van der Waals surface area contributed by atoms with Gasteiger partial charge in [0, 0.05) is 5.56 Å². The number of aromatic amines is 1. The van der Waals surface area contributed by atoms with Gasteiger partial charge in [0.2, 0.25) is 0 Å². The molecule has 1 aromatic heterocycles. The fourth-order valence-electron chi connectivity index (χ4n) is 1.28. The zero-order chi connectivity index (χ0) is 9.10. The molecule has 0 saturated heterocycles. The molecule has 0 aliphatic rings. The van der Waals surface area contributed by atoms with E-state index in [1.165, 1.54) is 0 Å². The molecule has 3 heteroatoms. The van der Waals surface area contributed by atoms with E-state index in [0.717, 1.165) is 16.8 Å². The van der Waals surface area contributed by atoms with Crippen LogP contribution in [0.5, 0.6) is 0 Å². The summed E-state index contributed by atoms with van der Waals surface area (Å²) in [6.45, 7) is 0. The number of benzene rings is 1. The highest BCUT2D eigenvalue weighted by atomic mass is 35.5. The Kier molecular flexibility index (Phi) is 2.32. The molecule has 13 heavy (non-hydrogen) atoms. The summed E-state index contributed by atoms with van der Waals surface area (Å²) in [6.07, 6.45) is 1.80. The molecule has 0 aliphatic carbocycles. The normalized spacial score (nSPS) is 10.2. The summed E-state index contributed by atoms with van der Waals surface area (Å²) < 4.78 is 0. The Balaban J connectivity index is 2.47. The van der Waals surface area contributed by atoms with Crippen LogP contribution in [-0.2, 0) is 5.88 Å². The zero-order valence-corrected chi connectivity index (χ0v) is 7.75. The molecule has 2 aromatic rings. The number of nitrogens with one attached hydrogen (secondary N) is 1. The van der Waals surface area contributed by atoms with E-state index < -0.39 is 0 Å². The van der Waals surface area contributed by atoms with Crippen molar-refractivity contribution < 1.29 is 0 Å². The van der Waals surface area contributed by atoms with Gasteiger partial charge in [0.25, 0.3) is 0 Å². The molecular formula is C10H9ClN2. The van der Waals surface area contributed by atoms with Gasteiger partial charge in [-0.2, -0.15) is 5.10 Å². The van der Waals surface area contributed by atoms with Crippen LogP contribution in [0.3, 0.4) is 0 Å². The third-order valence-electron chi connectivity index (χ3n) is 1.94. The third kappa shape index (κ3) is 1.58. The fourth-order valence-corrected chi connectivity index (χ4v) is 1.48.